The van der Waals surface area contributed by atoms with E-state index in [0.29, 0.717) is 15.8 Å². The number of hydrogen-bond acceptors (Lipinski definition) is 5. The molecule has 0 aliphatic heterocycles. The Balaban J connectivity index is 1.76. The van der Waals surface area contributed by atoms with Crippen molar-refractivity contribution in [3.05, 3.63) is 51.7 Å². The third-order valence-corrected chi connectivity index (χ3v) is 5.16. The van der Waals surface area contributed by atoms with Gasteiger partial charge in [0, 0.05) is 16.3 Å². The van der Waals surface area contributed by atoms with E-state index in [2.05, 4.69) is 20.6 Å². The Morgan fingerprint density at radius 2 is 1.96 bits per heavy atom. The van der Waals surface area contributed by atoms with Crippen molar-refractivity contribution >= 4 is 34.0 Å². The largest absolute Gasteiger partial charge is 0.295 e. The molecular weight excluding hydrogens is 358 g/mol. The Kier molecular flexibility index (Phi) is 4.50. The monoisotopic (exact) mass is 373 g/mol. The summed E-state index contributed by atoms with van der Waals surface area (Å²) in [5, 5.41) is 16.2. The van der Waals surface area contributed by atoms with Gasteiger partial charge in [0.2, 0.25) is 5.13 Å². The zero-order chi connectivity index (χ0) is 17.2. The first-order valence-corrected chi connectivity index (χ1v) is 9.42. The van der Waals surface area contributed by atoms with Crippen LogP contribution in [0.4, 0.5) is 5.13 Å². The Morgan fingerprint density at radius 1 is 1.16 bits per heavy atom. The van der Waals surface area contributed by atoms with Crippen LogP contribution < -0.4 is 5.32 Å². The van der Waals surface area contributed by atoms with Crippen LogP contribution in [0.2, 0.25) is 5.02 Å². The number of carbonyl (C=O) groups is 1. The van der Waals surface area contributed by atoms with E-state index in [1.807, 2.05) is 28.9 Å². The minimum atomic E-state index is -0.234. The molecule has 0 unspecified atom stereocenters. The normalized spacial score (nSPS) is 14.0. The summed E-state index contributed by atoms with van der Waals surface area (Å²) in [5.41, 5.74) is 5.12. The number of amides is 1. The summed E-state index contributed by atoms with van der Waals surface area (Å²) >= 11 is 7.29. The van der Waals surface area contributed by atoms with Gasteiger partial charge in [-0.3, -0.25) is 10.1 Å². The third kappa shape index (κ3) is 3.29. The van der Waals surface area contributed by atoms with Crippen molar-refractivity contribution in [1.82, 2.24) is 20.0 Å². The smallest absolute Gasteiger partial charge is 0.278 e. The van der Waals surface area contributed by atoms with Crippen molar-refractivity contribution in [3.63, 3.8) is 0 Å². The van der Waals surface area contributed by atoms with Crippen molar-refractivity contribution in [2.45, 2.75) is 32.1 Å². The number of aromatic nitrogens is 4. The molecule has 1 aliphatic carbocycles. The molecule has 2 heterocycles. The fourth-order valence-corrected chi connectivity index (χ4v) is 3.70. The highest BCUT2D eigenvalue weighted by Crippen LogP contribution is 2.27. The maximum atomic E-state index is 12.7. The molecule has 0 saturated heterocycles. The number of anilines is 1. The molecule has 1 amide bonds. The highest BCUT2D eigenvalue weighted by Gasteiger charge is 2.25. The number of hydrogen-bond donors (Lipinski definition) is 1. The second-order valence-corrected chi connectivity index (χ2v) is 7.19. The predicted molar refractivity (Wildman–Crippen MR) is 97.7 cm³/mol. The van der Waals surface area contributed by atoms with Gasteiger partial charge in [0.25, 0.3) is 5.91 Å². The lowest BCUT2D eigenvalue weighted by molar-refractivity contribution is 0.102. The molecule has 6 nitrogen and oxygen atoms in total. The summed E-state index contributed by atoms with van der Waals surface area (Å²) in [5.74, 6) is -0.234. The number of benzene rings is 1. The van der Waals surface area contributed by atoms with Crippen molar-refractivity contribution in [3.8, 4) is 5.69 Å². The molecule has 1 aromatic carbocycles. The Morgan fingerprint density at radius 3 is 2.72 bits per heavy atom. The quantitative estimate of drug-likeness (QED) is 0.707. The van der Waals surface area contributed by atoms with Crippen LogP contribution in [-0.4, -0.2) is 25.9 Å². The minimum absolute atomic E-state index is 0.234. The molecule has 0 fully saturated rings. The van der Waals surface area contributed by atoms with Crippen LogP contribution in [-0.2, 0) is 12.8 Å². The van der Waals surface area contributed by atoms with Gasteiger partial charge in [-0.25, -0.2) is 4.68 Å². The Bertz CT molecular complexity index is 889. The van der Waals surface area contributed by atoms with Crippen LogP contribution in [0, 0.1) is 0 Å². The molecular formula is C17H16ClN5OS. The number of fused-ring (bicyclic) bond motifs is 1. The van der Waals surface area contributed by atoms with Crippen LogP contribution in [0.1, 0.15) is 41.0 Å². The van der Waals surface area contributed by atoms with E-state index in [1.54, 1.807) is 5.51 Å². The van der Waals surface area contributed by atoms with Gasteiger partial charge in [-0.2, -0.15) is 5.10 Å². The molecule has 1 aliphatic rings. The van der Waals surface area contributed by atoms with Gasteiger partial charge < -0.3 is 0 Å². The van der Waals surface area contributed by atoms with Crippen LogP contribution in [0.3, 0.4) is 0 Å². The van der Waals surface area contributed by atoms with E-state index in [0.717, 1.165) is 49.0 Å². The number of rotatable bonds is 3. The van der Waals surface area contributed by atoms with Gasteiger partial charge in [-0.05, 0) is 49.9 Å². The van der Waals surface area contributed by atoms with E-state index < -0.39 is 0 Å². The first-order valence-electron chi connectivity index (χ1n) is 8.16. The molecule has 25 heavy (non-hydrogen) atoms. The summed E-state index contributed by atoms with van der Waals surface area (Å²) in [6, 6.07) is 7.52. The number of halogens is 1. The Labute approximate surface area is 153 Å². The van der Waals surface area contributed by atoms with Crippen LogP contribution in [0.5, 0.6) is 0 Å². The van der Waals surface area contributed by atoms with Gasteiger partial charge in [0.1, 0.15) is 5.51 Å². The maximum Gasteiger partial charge on any atom is 0.278 e. The highest BCUT2D eigenvalue weighted by molar-refractivity contribution is 7.13. The molecule has 1 N–H and O–H groups in total. The van der Waals surface area contributed by atoms with Crippen molar-refractivity contribution in [1.29, 1.82) is 0 Å². The summed E-state index contributed by atoms with van der Waals surface area (Å²) in [6.45, 7) is 0. The minimum Gasteiger partial charge on any atom is -0.295 e. The molecule has 0 radical (unpaired) electrons. The second-order valence-electron chi connectivity index (χ2n) is 5.92. The molecule has 0 saturated carbocycles. The Hall–Kier alpha value is -2.25. The van der Waals surface area contributed by atoms with E-state index in [4.69, 9.17) is 11.6 Å². The van der Waals surface area contributed by atoms with Gasteiger partial charge in [0.15, 0.2) is 5.69 Å². The average molecular weight is 374 g/mol. The molecule has 2 aromatic heterocycles. The molecule has 0 atom stereocenters. The first kappa shape index (κ1) is 16.2. The molecule has 0 bridgehead atoms. The predicted octanol–water partition coefficient (Wildman–Crippen LogP) is 3.90. The lowest BCUT2D eigenvalue weighted by atomic mass is 10.1. The molecule has 4 rings (SSSR count). The molecule has 0 spiro atoms. The SMILES string of the molecule is O=C(Nc1nncs1)c1nn(-c2ccc(Cl)cc2)c2c1CCCCC2. The van der Waals surface area contributed by atoms with Gasteiger partial charge in [-0.1, -0.05) is 29.4 Å². The van der Waals surface area contributed by atoms with Crippen molar-refractivity contribution in [2.75, 3.05) is 5.32 Å². The van der Waals surface area contributed by atoms with Gasteiger partial charge >= 0.3 is 0 Å². The number of carbonyl (C=O) groups excluding carboxylic acids is 1. The van der Waals surface area contributed by atoms with Crippen LogP contribution in [0.25, 0.3) is 5.69 Å². The fourth-order valence-electron chi connectivity index (χ4n) is 3.14. The molecule has 128 valence electrons. The standard InChI is InChI=1S/C17H16ClN5OS/c18-11-6-8-12(9-7-11)23-14-5-3-1-2-4-13(14)15(22-23)16(24)20-17-21-19-10-25-17/h6-10H,1-5H2,(H,20,21,24). The zero-order valence-corrected chi connectivity index (χ0v) is 15.0. The summed E-state index contributed by atoms with van der Waals surface area (Å²) in [7, 11) is 0. The fraction of sp³-hybridized carbons (Fsp3) is 0.294. The summed E-state index contributed by atoms with van der Waals surface area (Å²) in [4.78, 5) is 12.7. The lowest BCUT2D eigenvalue weighted by Gasteiger charge is -2.07. The summed E-state index contributed by atoms with van der Waals surface area (Å²) in [6.07, 6.45) is 5.10. The first-order chi connectivity index (χ1) is 12.2. The van der Waals surface area contributed by atoms with Crippen LogP contribution in [0.15, 0.2) is 29.8 Å². The number of nitrogens with zero attached hydrogens (tertiary/aromatic N) is 4. The van der Waals surface area contributed by atoms with E-state index >= 15 is 0 Å². The van der Waals surface area contributed by atoms with E-state index in [1.165, 1.54) is 11.3 Å². The zero-order valence-electron chi connectivity index (χ0n) is 13.4. The van der Waals surface area contributed by atoms with Gasteiger partial charge in [-0.15, -0.1) is 10.2 Å². The topological polar surface area (TPSA) is 72.7 Å². The van der Waals surface area contributed by atoms with Crippen molar-refractivity contribution in [2.24, 2.45) is 0 Å². The molecule has 8 heteroatoms. The molecule has 3 aromatic rings. The van der Waals surface area contributed by atoms with Crippen LogP contribution >= 0.6 is 22.9 Å². The van der Waals surface area contributed by atoms with E-state index in [-0.39, 0.29) is 5.91 Å². The third-order valence-electron chi connectivity index (χ3n) is 4.30. The average Bonchev–Trinajstić information content (AvgIpc) is 3.17. The summed E-state index contributed by atoms with van der Waals surface area (Å²) < 4.78 is 1.88. The highest BCUT2D eigenvalue weighted by atomic mass is 35.5. The lowest BCUT2D eigenvalue weighted by Crippen LogP contribution is -2.15. The van der Waals surface area contributed by atoms with Gasteiger partial charge in [0.05, 0.1) is 5.69 Å². The number of nitrogens with one attached hydrogen (secondary N) is 1. The maximum absolute atomic E-state index is 12.7. The second kappa shape index (κ2) is 6.93. The van der Waals surface area contributed by atoms with Crippen molar-refractivity contribution < 1.29 is 4.79 Å². The van der Waals surface area contributed by atoms with E-state index in [9.17, 15) is 4.79 Å².